The molecule has 2 aromatic rings. The SMILES string of the molecule is CN1CCN(Cc2cccc(CNC(=O)c3ccc4c(c3)C(=O)N(CC3CCCO3)C4=O)c2)CC1. The lowest BCUT2D eigenvalue weighted by atomic mass is 10.0. The monoisotopic (exact) mass is 476 g/mol. The molecule has 0 aromatic heterocycles. The quantitative estimate of drug-likeness (QED) is 0.617. The summed E-state index contributed by atoms with van der Waals surface area (Å²) in [5, 5.41) is 2.95. The van der Waals surface area contributed by atoms with Crippen LogP contribution in [0.25, 0.3) is 0 Å². The van der Waals surface area contributed by atoms with Gasteiger partial charge in [-0.1, -0.05) is 24.3 Å². The Labute approximate surface area is 205 Å². The van der Waals surface area contributed by atoms with Gasteiger partial charge in [-0.05, 0) is 49.2 Å². The van der Waals surface area contributed by atoms with Crippen LogP contribution >= 0.6 is 0 Å². The number of hydrogen-bond acceptors (Lipinski definition) is 6. The summed E-state index contributed by atoms with van der Waals surface area (Å²) in [4.78, 5) is 44.5. The summed E-state index contributed by atoms with van der Waals surface area (Å²) >= 11 is 0. The van der Waals surface area contributed by atoms with E-state index in [9.17, 15) is 14.4 Å². The van der Waals surface area contributed by atoms with Gasteiger partial charge in [-0.3, -0.25) is 24.2 Å². The van der Waals surface area contributed by atoms with Crippen LogP contribution in [-0.4, -0.2) is 84.9 Å². The zero-order valence-corrected chi connectivity index (χ0v) is 20.2. The number of fused-ring (bicyclic) bond motifs is 1. The van der Waals surface area contributed by atoms with E-state index >= 15 is 0 Å². The average Bonchev–Trinajstić information content (AvgIpc) is 3.47. The fourth-order valence-corrected chi connectivity index (χ4v) is 4.98. The number of piperazine rings is 1. The van der Waals surface area contributed by atoms with Crippen molar-refractivity contribution in [2.45, 2.75) is 32.0 Å². The second-order valence-corrected chi connectivity index (χ2v) is 9.70. The Morgan fingerprint density at radius 2 is 1.77 bits per heavy atom. The zero-order chi connectivity index (χ0) is 24.4. The standard InChI is InChI=1S/C27H32N4O4/c1-29-9-11-30(12-10-29)17-20-5-2-4-19(14-20)16-28-25(32)21-7-8-23-24(15-21)27(34)31(26(23)33)18-22-6-3-13-35-22/h2,4-5,7-8,14-15,22H,3,6,9-13,16-18H2,1H3,(H,28,32). The van der Waals surface area contributed by atoms with Crippen molar-refractivity contribution in [3.63, 3.8) is 0 Å². The van der Waals surface area contributed by atoms with Crippen LogP contribution in [0.2, 0.25) is 0 Å². The van der Waals surface area contributed by atoms with E-state index in [1.54, 1.807) is 12.1 Å². The summed E-state index contributed by atoms with van der Waals surface area (Å²) < 4.78 is 5.59. The van der Waals surface area contributed by atoms with Crippen LogP contribution < -0.4 is 5.32 Å². The molecule has 5 rings (SSSR count). The summed E-state index contributed by atoms with van der Waals surface area (Å²) in [5.41, 5.74) is 3.27. The summed E-state index contributed by atoms with van der Waals surface area (Å²) in [5.74, 6) is -0.938. The summed E-state index contributed by atoms with van der Waals surface area (Å²) in [6, 6.07) is 13.0. The van der Waals surface area contributed by atoms with Crippen molar-refractivity contribution >= 4 is 17.7 Å². The third kappa shape index (κ3) is 5.29. The molecule has 3 aliphatic heterocycles. The molecular weight excluding hydrogens is 444 g/mol. The van der Waals surface area contributed by atoms with E-state index in [1.807, 2.05) is 12.1 Å². The highest BCUT2D eigenvalue weighted by Crippen LogP contribution is 2.26. The fraction of sp³-hybridized carbons (Fsp3) is 0.444. The summed E-state index contributed by atoms with van der Waals surface area (Å²) in [6.07, 6.45) is 1.68. The summed E-state index contributed by atoms with van der Waals surface area (Å²) in [7, 11) is 2.15. The van der Waals surface area contributed by atoms with Crippen LogP contribution in [0.1, 0.15) is 55.0 Å². The topological polar surface area (TPSA) is 82.2 Å². The second-order valence-electron chi connectivity index (χ2n) is 9.70. The number of carbonyl (C=O) groups excluding carboxylic acids is 3. The lowest BCUT2D eigenvalue weighted by molar-refractivity contribution is 0.0475. The van der Waals surface area contributed by atoms with Gasteiger partial charge in [0.25, 0.3) is 17.7 Å². The molecule has 2 aromatic carbocycles. The molecule has 35 heavy (non-hydrogen) atoms. The first-order chi connectivity index (χ1) is 17.0. The molecule has 8 nitrogen and oxygen atoms in total. The van der Waals surface area contributed by atoms with Crippen LogP contribution in [0.4, 0.5) is 0 Å². The van der Waals surface area contributed by atoms with Crippen LogP contribution in [-0.2, 0) is 17.8 Å². The number of hydrogen-bond donors (Lipinski definition) is 1. The van der Waals surface area contributed by atoms with Gasteiger partial charge in [-0.15, -0.1) is 0 Å². The Balaban J connectivity index is 1.20. The first kappa shape index (κ1) is 23.7. The lowest BCUT2D eigenvalue weighted by Crippen LogP contribution is -2.43. The molecule has 0 aliphatic carbocycles. The van der Waals surface area contributed by atoms with E-state index in [4.69, 9.17) is 4.74 Å². The van der Waals surface area contributed by atoms with Crippen molar-refractivity contribution in [1.82, 2.24) is 20.0 Å². The van der Waals surface area contributed by atoms with Crippen molar-refractivity contribution < 1.29 is 19.1 Å². The van der Waals surface area contributed by atoms with Crippen molar-refractivity contribution in [2.75, 3.05) is 46.4 Å². The largest absolute Gasteiger partial charge is 0.376 e. The molecule has 3 amide bonds. The Kier molecular flexibility index (Phi) is 6.95. The van der Waals surface area contributed by atoms with E-state index in [0.29, 0.717) is 24.3 Å². The van der Waals surface area contributed by atoms with Crippen LogP contribution in [0.3, 0.4) is 0 Å². The number of rotatable bonds is 7. The van der Waals surface area contributed by atoms with E-state index in [0.717, 1.165) is 51.1 Å². The number of amides is 3. The van der Waals surface area contributed by atoms with E-state index < -0.39 is 0 Å². The molecule has 3 aliphatic rings. The normalized spacial score (nSPS) is 20.9. The van der Waals surface area contributed by atoms with Crippen LogP contribution in [0.15, 0.2) is 42.5 Å². The minimum Gasteiger partial charge on any atom is -0.376 e. The van der Waals surface area contributed by atoms with Crippen molar-refractivity contribution in [3.8, 4) is 0 Å². The second kappa shape index (κ2) is 10.3. The van der Waals surface area contributed by atoms with Gasteiger partial charge in [0.15, 0.2) is 0 Å². The molecule has 0 spiro atoms. The van der Waals surface area contributed by atoms with Crippen molar-refractivity contribution in [1.29, 1.82) is 0 Å². The van der Waals surface area contributed by atoms with Gasteiger partial charge >= 0.3 is 0 Å². The first-order valence-electron chi connectivity index (χ1n) is 12.4. The van der Waals surface area contributed by atoms with Gasteiger partial charge < -0.3 is 15.0 Å². The molecule has 1 atom stereocenters. The number of nitrogens with one attached hydrogen (secondary N) is 1. The third-order valence-corrected chi connectivity index (χ3v) is 7.09. The molecular formula is C27H32N4O4. The predicted molar refractivity (Wildman–Crippen MR) is 131 cm³/mol. The maximum Gasteiger partial charge on any atom is 0.261 e. The Bertz CT molecular complexity index is 1120. The number of nitrogens with zero attached hydrogens (tertiary/aromatic N) is 3. The number of carbonyl (C=O) groups is 3. The van der Waals surface area contributed by atoms with Gasteiger partial charge in [0.1, 0.15) is 0 Å². The van der Waals surface area contributed by atoms with Crippen molar-refractivity contribution in [3.05, 3.63) is 70.3 Å². The Morgan fingerprint density at radius 1 is 1.00 bits per heavy atom. The summed E-state index contributed by atoms with van der Waals surface area (Å²) in [6.45, 7) is 6.50. The Hall–Kier alpha value is -3.07. The maximum atomic E-state index is 12.9. The van der Waals surface area contributed by atoms with E-state index in [2.05, 4.69) is 34.3 Å². The minimum atomic E-state index is -0.355. The Morgan fingerprint density at radius 3 is 2.54 bits per heavy atom. The number of ether oxygens (including phenoxy) is 1. The fourth-order valence-electron chi connectivity index (χ4n) is 4.98. The highest BCUT2D eigenvalue weighted by molar-refractivity contribution is 6.22. The molecule has 0 radical (unpaired) electrons. The first-order valence-corrected chi connectivity index (χ1v) is 12.4. The highest BCUT2D eigenvalue weighted by atomic mass is 16.5. The molecule has 2 saturated heterocycles. The maximum absolute atomic E-state index is 12.9. The molecule has 1 N–H and O–H groups in total. The molecule has 0 bridgehead atoms. The van der Waals surface area contributed by atoms with Crippen LogP contribution in [0.5, 0.6) is 0 Å². The van der Waals surface area contributed by atoms with Crippen molar-refractivity contribution in [2.24, 2.45) is 0 Å². The van der Waals surface area contributed by atoms with Gasteiger partial charge in [0, 0.05) is 51.4 Å². The van der Waals surface area contributed by atoms with Gasteiger partial charge in [0.2, 0.25) is 0 Å². The van der Waals surface area contributed by atoms with Gasteiger partial charge in [0.05, 0.1) is 23.8 Å². The smallest absolute Gasteiger partial charge is 0.261 e. The number of imide groups is 1. The lowest BCUT2D eigenvalue weighted by Gasteiger charge is -2.32. The third-order valence-electron chi connectivity index (χ3n) is 7.09. The number of benzene rings is 2. The molecule has 0 saturated carbocycles. The van der Waals surface area contributed by atoms with E-state index in [-0.39, 0.29) is 35.9 Å². The zero-order valence-electron chi connectivity index (χ0n) is 20.2. The van der Waals surface area contributed by atoms with Gasteiger partial charge in [-0.2, -0.15) is 0 Å². The average molecular weight is 477 g/mol. The number of likely N-dealkylation sites (N-methyl/N-ethyl adjacent to an activating group) is 1. The predicted octanol–water partition coefficient (Wildman–Crippen LogP) is 2.14. The molecule has 3 heterocycles. The molecule has 1 unspecified atom stereocenters. The molecule has 8 heteroatoms. The van der Waals surface area contributed by atoms with Gasteiger partial charge in [-0.25, -0.2) is 0 Å². The van der Waals surface area contributed by atoms with Crippen LogP contribution in [0, 0.1) is 0 Å². The molecule has 2 fully saturated rings. The van der Waals surface area contributed by atoms with E-state index in [1.165, 1.54) is 16.5 Å². The minimum absolute atomic E-state index is 0.105. The molecule has 184 valence electrons. The highest BCUT2D eigenvalue weighted by Gasteiger charge is 2.37.